The Balaban J connectivity index is 2.31. The van der Waals surface area contributed by atoms with Crippen LogP contribution in [-0.4, -0.2) is 21.1 Å². The predicted octanol–water partition coefficient (Wildman–Crippen LogP) is 4.66. The number of imidazole rings is 1. The van der Waals surface area contributed by atoms with E-state index < -0.39 is 0 Å². The van der Waals surface area contributed by atoms with Crippen molar-refractivity contribution in [3.63, 3.8) is 0 Å². The van der Waals surface area contributed by atoms with E-state index in [1.165, 1.54) is 0 Å². The molecule has 1 heterocycles. The Morgan fingerprint density at radius 2 is 2.26 bits per heavy atom. The number of aryl methyl sites for hydroxylation is 1. The molecule has 0 radical (unpaired) electrons. The Kier molecular flexibility index (Phi) is 5.77. The van der Waals surface area contributed by atoms with E-state index in [-0.39, 0.29) is 5.82 Å². The van der Waals surface area contributed by atoms with Crippen molar-refractivity contribution in [1.29, 1.82) is 0 Å². The molecule has 2 rings (SSSR count). The average Bonchev–Trinajstić information content (AvgIpc) is 2.73. The van der Waals surface area contributed by atoms with Gasteiger partial charge in [-0.25, -0.2) is 9.37 Å². The molecule has 1 aromatic carbocycles. The van der Waals surface area contributed by atoms with Gasteiger partial charge in [-0.1, -0.05) is 6.92 Å². The molecule has 0 aliphatic rings. The minimum Gasteiger partial charge on any atom is -0.327 e. The number of alkyl halides is 1. The van der Waals surface area contributed by atoms with Crippen molar-refractivity contribution in [3.8, 4) is 0 Å². The predicted molar refractivity (Wildman–Crippen MR) is 89.6 cm³/mol. The second kappa shape index (κ2) is 7.13. The monoisotopic (exact) mass is 412 g/mol. The summed E-state index contributed by atoms with van der Waals surface area (Å²) in [6.45, 7) is 2.99. The summed E-state index contributed by atoms with van der Waals surface area (Å²) in [6.07, 6.45) is 1.04. The topological polar surface area (TPSA) is 17.8 Å². The molecule has 0 unspecified atom stereocenters. The Hall–Kier alpha value is -0.0100. The fourth-order valence-electron chi connectivity index (χ4n) is 1.99. The molecule has 1 aromatic heterocycles. The molecule has 2 nitrogen and oxygen atoms in total. The quantitative estimate of drug-likeness (QED) is 0.390. The SMILES string of the molecule is CCSCCCn1c(CCl)nc2cc(I)c(F)cc21. The maximum absolute atomic E-state index is 13.7. The van der Waals surface area contributed by atoms with E-state index in [9.17, 15) is 4.39 Å². The van der Waals surface area contributed by atoms with Crippen LogP contribution in [0.1, 0.15) is 19.2 Å². The highest BCUT2D eigenvalue weighted by Gasteiger charge is 2.12. The molecule has 104 valence electrons. The summed E-state index contributed by atoms with van der Waals surface area (Å²) in [5, 5.41) is 0. The van der Waals surface area contributed by atoms with E-state index in [0.29, 0.717) is 9.45 Å². The van der Waals surface area contributed by atoms with Gasteiger partial charge in [-0.3, -0.25) is 0 Å². The minimum atomic E-state index is -0.196. The number of nitrogens with zero attached hydrogens (tertiary/aromatic N) is 2. The molecule has 0 saturated carbocycles. The molecule has 0 bridgehead atoms. The fraction of sp³-hybridized carbons (Fsp3) is 0.462. The van der Waals surface area contributed by atoms with E-state index >= 15 is 0 Å². The van der Waals surface area contributed by atoms with E-state index in [4.69, 9.17) is 11.6 Å². The van der Waals surface area contributed by atoms with Crippen molar-refractivity contribution < 1.29 is 4.39 Å². The van der Waals surface area contributed by atoms with Crippen LogP contribution in [-0.2, 0) is 12.4 Å². The zero-order valence-corrected chi connectivity index (χ0v) is 14.4. The number of benzene rings is 1. The maximum Gasteiger partial charge on any atom is 0.138 e. The highest BCUT2D eigenvalue weighted by molar-refractivity contribution is 14.1. The Morgan fingerprint density at radius 1 is 1.47 bits per heavy atom. The third-order valence-electron chi connectivity index (χ3n) is 2.86. The molecule has 0 aliphatic heterocycles. The van der Waals surface area contributed by atoms with Crippen LogP contribution in [0.15, 0.2) is 12.1 Å². The zero-order valence-electron chi connectivity index (χ0n) is 10.6. The molecule has 2 aromatic rings. The standard InChI is InChI=1S/C13H15ClFIN2S/c1-2-19-5-3-4-18-12-6-9(15)10(16)7-11(12)17-13(18)8-14/h6-7H,2-5,8H2,1H3. The summed E-state index contributed by atoms with van der Waals surface area (Å²) >= 11 is 9.84. The van der Waals surface area contributed by atoms with E-state index in [1.807, 2.05) is 38.9 Å². The van der Waals surface area contributed by atoms with Crippen molar-refractivity contribution in [2.24, 2.45) is 0 Å². The zero-order chi connectivity index (χ0) is 13.8. The second-order valence-electron chi connectivity index (χ2n) is 4.12. The molecule has 0 amide bonds. The minimum absolute atomic E-state index is 0.196. The van der Waals surface area contributed by atoms with Gasteiger partial charge in [-0.05, 0) is 46.6 Å². The highest BCUT2D eigenvalue weighted by Crippen LogP contribution is 2.23. The van der Waals surface area contributed by atoms with E-state index in [1.54, 1.807) is 12.1 Å². The largest absolute Gasteiger partial charge is 0.327 e. The first-order chi connectivity index (χ1) is 9.17. The smallest absolute Gasteiger partial charge is 0.138 e. The third kappa shape index (κ3) is 3.55. The Bertz CT molecular complexity index is 573. The number of aromatic nitrogens is 2. The van der Waals surface area contributed by atoms with Gasteiger partial charge in [0.2, 0.25) is 0 Å². The summed E-state index contributed by atoms with van der Waals surface area (Å²) in [7, 11) is 0. The lowest BCUT2D eigenvalue weighted by molar-refractivity contribution is 0.619. The van der Waals surface area contributed by atoms with Gasteiger partial charge in [0.15, 0.2) is 0 Å². The van der Waals surface area contributed by atoms with Crippen molar-refractivity contribution in [2.45, 2.75) is 25.8 Å². The van der Waals surface area contributed by atoms with Crippen LogP contribution in [0.3, 0.4) is 0 Å². The molecular weight excluding hydrogens is 398 g/mol. The van der Waals surface area contributed by atoms with Gasteiger partial charge in [0.25, 0.3) is 0 Å². The first kappa shape index (κ1) is 15.4. The van der Waals surface area contributed by atoms with E-state index in [2.05, 4.69) is 11.9 Å². The maximum atomic E-state index is 13.7. The van der Waals surface area contributed by atoms with Crippen LogP contribution < -0.4 is 0 Å². The number of fused-ring (bicyclic) bond motifs is 1. The van der Waals surface area contributed by atoms with Crippen LogP contribution in [0.25, 0.3) is 11.0 Å². The third-order valence-corrected chi connectivity index (χ3v) is 4.91. The molecular formula is C13H15ClFIN2S. The fourth-order valence-corrected chi connectivity index (χ4v) is 3.27. The highest BCUT2D eigenvalue weighted by atomic mass is 127. The van der Waals surface area contributed by atoms with Gasteiger partial charge >= 0.3 is 0 Å². The Labute approximate surface area is 135 Å². The van der Waals surface area contributed by atoms with Crippen molar-refractivity contribution in [1.82, 2.24) is 9.55 Å². The summed E-state index contributed by atoms with van der Waals surface area (Å²) in [4.78, 5) is 4.48. The van der Waals surface area contributed by atoms with Crippen molar-refractivity contribution in [3.05, 3.63) is 27.3 Å². The molecule has 0 atom stereocenters. The van der Waals surface area contributed by atoms with Gasteiger partial charge in [0.05, 0.1) is 20.5 Å². The molecule has 0 aliphatic carbocycles. The molecule has 19 heavy (non-hydrogen) atoms. The van der Waals surface area contributed by atoms with Crippen LogP contribution in [0.5, 0.6) is 0 Å². The van der Waals surface area contributed by atoms with Gasteiger partial charge in [0, 0.05) is 12.6 Å². The lowest BCUT2D eigenvalue weighted by atomic mass is 10.3. The van der Waals surface area contributed by atoms with Gasteiger partial charge in [0.1, 0.15) is 11.6 Å². The number of thioether (sulfide) groups is 1. The first-order valence-corrected chi connectivity index (χ1v) is 8.92. The number of rotatable bonds is 6. The molecule has 0 saturated heterocycles. The summed E-state index contributed by atoms with van der Waals surface area (Å²) in [6, 6.07) is 3.34. The lowest BCUT2D eigenvalue weighted by Gasteiger charge is -2.07. The van der Waals surface area contributed by atoms with Crippen LogP contribution >= 0.6 is 46.0 Å². The number of hydrogen-bond acceptors (Lipinski definition) is 2. The van der Waals surface area contributed by atoms with Gasteiger partial charge in [-0.15, -0.1) is 11.6 Å². The number of hydrogen-bond donors (Lipinski definition) is 0. The normalized spacial score (nSPS) is 11.4. The van der Waals surface area contributed by atoms with Crippen molar-refractivity contribution >= 4 is 57.0 Å². The van der Waals surface area contributed by atoms with Crippen LogP contribution in [0, 0.1) is 9.39 Å². The molecule has 0 spiro atoms. The molecule has 0 N–H and O–H groups in total. The van der Waals surface area contributed by atoms with Crippen LogP contribution in [0.4, 0.5) is 4.39 Å². The molecule has 0 fully saturated rings. The van der Waals surface area contributed by atoms with Crippen molar-refractivity contribution in [2.75, 3.05) is 11.5 Å². The molecule has 6 heteroatoms. The van der Waals surface area contributed by atoms with Gasteiger partial charge < -0.3 is 4.57 Å². The summed E-state index contributed by atoms with van der Waals surface area (Å²) in [5.41, 5.74) is 1.67. The second-order valence-corrected chi connectivity index (χ2v) is 6.94. The van der Waals surface area contributed by atoms with E-state index in [0.717, 1.165) is 41.3 Å². The van der Waals surface area contributed by atoms with Crippen LogP contribution in [0.2, 0.25) is 0 Å². The summed E-state index contributed by atoms with van der Waals surface area (Å²) < 4.78 is 16.3. The average molecular weight is 413 g/mol. The summed E-state index contributed by atoms with van der Waals surface area (Å²) in [5.74, 6) is 3.20. The lowest BCUT2D eigenvalue weighted by Crippen LogP contribution is -2.03. The number of halogens is 3. The van der Waals surface area contributed by atoms with Gasteiger partial charge in [-0.2, -0.15) is 11.8 Å². The Morgan fingerprint density at radius 3 is 2.95 bits per heavy atom. The first-order valence-electron chi connectivity index (χ1n) is 6.15.